The van der Waals surface area contributed by atoms with Gasteiger partial charge in [0.25, 0.3) is 0 Å². The Morgan fingerprint density at radius 3 is 2.16 bits per heavy atom. The first-order valence-corrected chi connectivity index (χ1v) is 11.4. The highest BCUT2D eigenvalue weighted by molar-refractivity contribution is 6.30. The van der Waals surface area contributed by atoms with E-state index < -0.39 is 6.04 Å². The number of allylic oxidation sites excluding steroid dienone is 2. The zero-order chi connectivity index (χ0) is 23.4. The quantitative estimate of drug-likeness (QED) is 0.478. The zero-order valence-electron chi connectivity index (χ0n) is 18.7. The fraction of sp³-hybridized carbons (Fsp3) is 0.500. The summed E-state index contributed by atoms with van der Waals surface area (Å²) in [5.41, 5.74) is 0.831. The van der Waals surface area contributed by atoms with Crippen molar-refractivity contribution in [1.82, 2.24) is 15.1 Å². The van der Waals surface area contributed by atoms with E-state index in [2.05, 4.69) is 5.32 Å². The highest BCUT2D eigenvalue weighted by Crippen LogP contribution is 2.35. The summed E-state index contributed by atoms with van der Waals surface area (Å²) in [6.07, 6.45) is 4.97. The number of imide groups is 1. The predicted molar refractivity (Wildman–Crippen MR) is 121 cm³/mol. The first-order chi connectivity index (χ1) is 15.2. The number of amides is 4. The number of hydrogen-bond acceptors (Lipinski definition) is 4. The first-order valence-electron chi connectivity index (χ1n) is 11.0. The molecule has 1 aliphatic carbocycles. The Kier molecular flexibility index (Phi) is 7.72. The highest BCUT2D eigenvalue weighted by Gasteiger charge is 2.47. The topological polar surface area (TPSA) is 86.8 Å². The summed E-state index contributed by atoms with van der Waals surface area (Å²) in [7, 11) is 0. The van der Waals surface area contributed by atoms with Crippen molar-refractivity contribution in [3.63, 3.8) is 0 Å². The predicted octanol–water partition coefficient (Wildman–Crippen LogP) is 2.92. The molecular weight excluding hydrogens is 430 g/mol. The van der Waals surface area contributed by atoms with Gasteiger partial charge >= 0.3 is 0 Å². The minimum absolute atomic E-state index is 0.0269. The standard InChI is InChI=1S/C24H30ClN3O4/c1-15(2)26-22(30)16(3)28(14-17-8-10-18(25)11-9-17)21(29)12-13-27-23(31)19-6-4-5-7-20(19)24(27)32/h4-5,8-11,15-16,19-20H,6-7,12-14H2,1-3H3,(H,26,30)/t16-,19-,20+/m1/s1. The third kappa shape index (κ3) is 5.38. The average molecular weight is 460 g/mol. The highest BCUT2D eigenvalue weighted by atomic mass is 35.5. The molecule has 0 bridgehead atoms. The van der Waals surface area contributed by atoms with Crippen LogP contribution in [0.4, 0.5) is 0 Å². The Morgan fingerprint density at radius 1 is 1.06 bits per heavy atom. The molecule has 7 nitrogen and oxygen atoms in total. The Balaban J connectivity index is 1.71. The summed E-state index contributed by atoms with van der Waals surface area (Å²) >= 11 is 5.96. The maximum atomic E-state index is 13.2. The minimum atomic E-state index is -0.711. The van der Waals surface area contributed by atoms with Gasteiger partial charge in [0.05, 0.1) is 11.8 Å². The van der Waals surface area contributed by atoms with E-state index in [1.54, 1.807) is 31.2 Å². The molecule has 2 aliphatic rings. The second-order valence-electron chi connectivity index (χ2n) is 8.72. The lowest BCUT2D eigenvalue weighted by atomic mass is 9.85. The molecule has 32 heavy (non-hydrogen) atoms. The number of fused-ring (bicyclic) bond motifs is 1. The lowest BCUT2D eigenvalue weighted by molar-refractivity contribution is -0.143. The monoisotopic (exact) mass is 459 g/mol. The van der Waals surface area contributed by atoms with Crippen LogP contribution in [0, 0.1) is 11.8 Å². The van der Waals surface area contributed by atoms with Crippen molar-refractivity contribution in [2.24, 2.45) is 11.8 Å². The number of carbonyl (C=O) groups is 4. The number of likely N-dealkylation sites (tertiary alicyclic amines) is 1. The van der Waals surface area contributed by atoms with Crippen LogP contribution in [0.3, 0.4) is 0 Å². The molecule has 3 atom stereocenters. The van der Waals surface area contributed by atoms with Crippen molar-refractivity contribution >= 4 is 35.2 Å². The fourth-order valence-corrected chi connectivity index (χ4v) is 4.34. The van der Waals surface area contributed by atoms with Crippen LogP contribution in [0.25, 0.3) is 0 Å². The van der Waals surface area contributed by atoms with Crippen LogP contribution < -0.4 is 5.32 Å². The fourth-order valence-electron chi connectivity index (χ4n) is 4.21. The largest absolute Gasteiger partial charge is 0.352 e. The molecule has 1 fully saturated rings. The number of nitrogens with zero attached hydrogens (tertiary/aromatic N) is 2. The van der Waals surface area contributed by atoms with Gasteiger partial charge in [0.15, 0.2) is 0 Å². The van der Waals surface area contributed by atoms with Crippen molar-refractivity contribution < 1.29 is 19.2 Å². The summed E-state index contributed by atoms with van der Waals surface area (Å²) < 4.78 is 0. The molecule has 4 amide bonds. The molecule has 172 valence electrons. The van der Waals surface area contributed by atoms with Crippen molar-refractivity contribution in [2.45, 2.75) is 58.7 Å². The molecule has 0 aromatic heterocycles. The number of hydrogen-bond donors (Lipinski definition) is 1. The molecule has 1 heterocycles. The maximum absolute atomic E-state index is 13.2. The van der Waals surface area contributed by atoms with Crippen LogP contribution in [0.15, 0.2) is 36.4 Å². The summed E-state index contributed by atoms with van der Waals surface area (Å²) in [6.45, 7) is 5.64. The normalized spacial score (nSPS) is 21.0. The van der Waals surface area contributed by atoms with Gasteiger partial charge in [-0.3, -0.25) is 24.1 Å². The molecule has 1 N–H and O–H groups in total. The van der Waals surface area contributed by atoms with Gasteiger partial charge in [0.2, 0.25) is 23.6 Å². The molecule has 0 spiro atoms. The summed E-state index contributed by atoms with van der Waals surface area (Å²) in [6, 6.07) is 6.30. The Morgan fingerprint density at radius 2 is 1.62 bits per heavy atom. The van der Waals surface area contributed by atoms with E-state index in [0.29, 0.717) is 17.9 Å². The summed E-state index contributed by atoms with van der Waals surface area (Å²) in [4.78, 5) is 53.9. The van der Waals surface area contributed by atoms with Crippen LogP contribution in [-0.4, -0.2) is 52.1 Å². The van der Waals surface area contributed by atoms with Gasteiger partial charge in [0, 0.05) is 30.6 Å². The lowest BCUT2D eigenvalue weighted by Crippen LogP contribution is -2.49. The summed E-state index contributed by atoms with van der Waals surface area (Å²) in [5.74, 6) is -1.58. The maximum Gasteiger partial charge on any atom is 0.242 e. The van der Waals surface area contributed by atoms with Gasteiger partial charge in [-0.2, -0.15) is 0 Å². The molecule has 1 aromatic carbocycles. The van der Waals surface area contributed by atoms with Gasteiger partial charge < -0.3 is 10.2 Å². The van der Waals surface area contributed by atoms with E-state index in [9.17, 15) is 19.2 Å². The van der Waals surface area contributed by atoms with Gasteiger partial charge in [-0.15, -0.1) is 0 Å². The number of carbonyl (C=O) groups excluding carboxylic acids is 4. The van der Waals surface area contributed by atoms with Crippen LogP contribution >= 0.6 is 11.6 Å². The van der Waals surface area contributed by atoms with Crippen molar-refractivity contribution in [1.29, 1.82) is 0 Å². The van der Waals surface area contributed by atoms with Crippen molar-refractivity contribution in [2.75, 3.05) is 6.54 Å². The minimum Gasteiger partial charge on any atom is -0.352 e. The van der Waals surface area contributed by atoms with Gasteiger partial charge in [0.1, 0.15) is 6.04 Å². The smallest absolute Gasteiger partial charge is 0.242 e. The van der Waals surface area contributed by atoms with E-state index >= 15 is 0 Å². The van der Waals surface area contributed by atoms with Gasteiger partial charge in [-0.1, -0.05) is 35.9 Å². The van der Waals surface area contributed by atoms with E-state index in [1.165, 1.54) is 9.80 Å². The van der Waals surface area contributed by atoms with Crippen molar-refractivity contribution in [3.8, 4) is 0 Å². The Bertz CT molecular complexity index is 886. The molecule has 0 unspecified atom stereocenters. The van der Waals surface area contributed by atoms with E-state index in [1.807, 2.05) is 26.0 Å². The molecule has 3 rings (SSSR count). The third-order valence-electron chi connectivity index (χ3n) is 6.01. The molecule has 8 heteroatoms. The molecule has 1 aliphatic heterocycles. The van der Waals surface area contributed by atoms with E-state index in [-0.39, 0.29) is 61.0 Å². The van der Waals surface area contributed by atoms with Crippen LogP contribution in [0.1, 0.15) is 45.6 Å². The summed E-state index contributed by atoms with van der Waals surface area (Å²) in [5, 5.41) is 3.42. The number of nitrogens with one attached hydrogen (secondary N) is 1. The molecular formula is C24H30ClN3O4. The SMILES string of the molecule is CC(C)NC(=O)[C@@H](C)N(Cc1ccc(Cl)cc1)C(=O)CCN1C(=O)[C@H]2CC=CC[C@H]2C1=O. The van der Waals surface area contributed by atoms with Crippen LogP contribution in [-0.2, 0) is 25.7 Å². The Labute approximate surface area is 193 Å². The second kappa shape index (κ2) is 10.3. The van der Waals surface area contributed by atoms with E-state index in [4.69, 9.17) is 11.6 Å². The van der Waals surface area contributed by atoms with Crippen LogP contribution in [0.2, 0.25) is 5.02 Å². The number of rotatable bonds is 8. The third-order valence-corrected chi connectivity index (χ3v) is 6.26. The molecule has 1 saturated heterocycles. The number of benzene rings is 1. The Hall–Kier alpha value is -2.67. The van der Waals surface area contributed by atoms with Crippen LogP contribution in [0.5, 0.6) is 0 Å². The van der Waals surface area contributed by atoms with E-state index in [0.717, 1.165) is 5.56 Å². The van der Waals surface area contributed by atoms with Gasteiger partial charge in [-0.05, 0) is 51.3 Å². The van der Waals surface area contributed by atoms with Crippen molar-refractivity contribution in [3.05, 3.63) is 47.0 Å². The van der Waals surface area contributed by atoms with Gasteiger partial charge in [-0.25, -0.2) is 0 Å². The molecule has 0 radical (unpaired) electrons. The second-order valence-corrected chi connectivity index (χ2v) is 9.16. The lowest BCUT2D eigenvalue weighted by Gasteiger charge is -2.30. The number of halogens is 1. The molecule has 0 saturated carbocycles. The average Bonchev–Trinajstić information content (AvgIpc) is 3.00. The molecule has 1 aromatic rings. The first kappa shape index (κ1) is 24.0. The zero-order valence-corrected chi connectivity index (χ0v) is 19.5.